The summed E-state index contributed by atoms with van der Waals surface area (Å²) in [6.45, 7) is 8.18. The summed E-state index contributed by atoms with van der Waals surface area (Å²) >= 11 is 0. The molecule has 6 nitrogen and oxygen atoms in total. The van der Waals surface area contributed by atoms with Crippen molar-refractivity contribution >= 4 is 25.2 Å². The first kappa shape index (κ1) is 22.6. The van der Waals surface area contributed by atoms with E-state index in [1.807, 2.05) is 52.0 Å². The van der Waals surface area contributed by atoms with E-state index in [1.165, 1.54) is 0 Å². The lowest BCUT2D eigenvalue weighted by Crippen LogP contribution is -2.41. The van der Waals surface area contributed by atoms with Gasteiger partial charge in [-0.05, 0) is 49.7 Å². The summed E-state index contributed by atoms with van der Waals surface area (Å²) in [6.07, 6.45) is 0. The van der Waals surface area contributed by atoms with E-state index in [0.717, 1.165) is 16.6 Å². The number of rotatable bonds is 4. The molecule has 0 amide bonds. The Morgan fingerprint density at radius 2 is 1.14 bits per heavy atom. The maximum atomic E-state index is 9.00. The van der Waals surface area contributed by atoms with Crippen LogP contribution in [0.5, 0.6) is 0 Å². The van der Waals surface area contributed by atoms with Gasteiger partial charge in [0.25, 0.3) is 0 Å². The van der Waals surface area contributed by atoms with Crippen molar-refractivity contribution in [3.05, 3.63) is 59.7 Å². The molecule has 150 valence electrons. The second-order valence-electron chi connectivity index (χ2n) is 7.76. The first-order valence-electron chi connectivity index (χ1n) is 9.21. The molecule has 8 heteroatoms. The molecule has 1 saturated heterocycles. The standard InChI is InChI=1S/C13H19BO3.C7H9BO3/c1-12(2)13(3,4)17-14(16-12)11-7-5-10(9-15)6-8-11;9-5-6-1-3-7(4-2-6)8(10)11/h5-8,15H,9H2,1-4H3;1-4,9-11H,5H2. The van der Waals surface area contributed by atoms with E-state index < -0.39 is 7.12 Å². The van der Waals surface area contributed by atoms with Gasteiger partial charge in [-0.2, -0.15) is 0 Å². The minimum atomic E-state index is -1.43. The van der Waals surface area contributed by atoms with Crippen LogP contribution in [-0.2, 0) is 22.5 Å². The van der Waals surface area contributed by atoms with E-state index in [0.29, 0.717) is 5.46 Å². The number of aliphatic hydroxyl groups excluding tert-OH is 2. The van der Waals surface area contributed by atoms with Crippen LogP contribution in [0.15, 0.2) is 48.5 Å². The van der Waals surface area contributed by atoms with Crippen LogP contribution in [0, 0.1) is 0 Å². The average Bonchev–Trinajstić information content (AvgIpc) is 2.89. The molecule has 1 fully saturated rings. The van der Waals surface area contributed by atoms with Crippen LogP contribution in [0.2, 0.25) is 0 Å². The third kappa shape index (κ3) is 5.44. The van der Waals surface area contributed by atoms with Gasteiger partial charge in [0, 0.05) is 0 Å². The Morgan fingerprint density at radius 3 is 1.50 bits per heavy atom. The van der Waals surface area contributed by atoms with E-state index in [1.54, 1.807) is 24.3 Å². The predicted octanol–water partition coefficient (Wildman–Crippen LogP) is 0.337. The molecule has 28 heavy (non-hydrogen) atoms. The van der Waals surface area contributed by atoms with Crippen LogP contribution in [0.3, 0.4) is 0 Å². The summed E-state index contributed by atoms with van der Waals surface area (Å²) in [5, 5.41) is 35.0. The second kappa shape index (κ2) is 9.22. The lowest BCUT2D eigenvalue weighted by atomic mass is 9.79. The molecule has 3 rings (SSSR count). The summed E-state index contributed by atoms with van der Waals surface area (Å²) in [5.74, 6) is 0. The van der Waals surface area contributed by atoms with Crippen molar-refractivity contribution in [3.63, 3.8) is 0 Å². The van der Waals surface area contributed by atoms with Gasteiger partial charge in [0.05, 0.1) is 24.4 Å². The Hall–Kier alpha value is -1.67. The highest BCUT2D eigenvalue weighted by Crippen LogP contribution is 2.36. The summed E-state index contributed by atoms with van der Waals surface area (Å²) < 4.78 is 11.9. The number of hydrogen-bond acceptors (Lipinski definition) is 6. The average molecular weight is 386 g/mol. The minimum absolute atomic E-state index is 0.0260. The fraction of sp³-hybridized carbons (Fsp3) is 0.400. The number of hydrogen-bond donors (Lipinski definition) is 4. The van der Waals surface area contributed by atoms with Crippen LogP contribution in [0.1, 0.15) is 38.8 Å². The molecule has 0 spiro atoms. The first-order chi connectivity index (χ1) is 13.1. The van der Waals surface area contributed by atoms with E-state index in [9.17, 15) is 0 Å². The number of aliphatic hydroxyl groups is 2. The van der Waals surface area contributed by atoms with Crippen molar-refractivity contribution in [1.29, 1.82) is 0 Å². The summed E-state index contributed by atoms with van der Waals surface area (Å²) in [6, 6.07) is 14.1. The highest BCUT2D eigenvalue weighted by molar-refractivity contribution is 6.62. The molecule has 0 radical (unpaired) electrons. The Bertz CT molecular complexity index is 728. The molecule has 0 saturated carbocycles. The Morgan fingerprint density at radius 1 is 0.750 bits per heavy atom. The van der Waals surface area contributed by atoms with E-state index in [2.05, 4.69) is 0 Å². The van der Waals surface area contributed by atoms with Crippen LogP contribution in [0.25, 0.3) is 0 Å². The fourth-order valence-electron chi connectivity index (χ4n) is 2.55. The molecule has 1 heterocycles. The zero-order valence-electron chi connectivity index (χ0n) is 16.8. The third-order valence-electron chi connectivity index (χ3n) is 5.15. The van der Waals surface area contributed by atoms with Gasteiger partial charge in [-0.15, -0.1) is 0 Å². The van der Waals surface area contributed by atoms with Gasteiger partial charge in [-0.1, -0.05) is 48.5 Å². The quantitative estimate of drug-likeness (QED) is 0.566. The van der Waals surface area contributed by atoms with Crippen molar-refractivity contribution in [3.8, 4) is 0 Å². The molecule has 0 unspecified atom stereocenters. The largest absolute Gasteiger partial charge is 0.494 e. The van der Waals surface area contributed by atoms with Gasteiger partial charge < -0.3 is 29.6 Å². The van der Waals surface area contributed by atoms with Crippen molar-refractivity contribution in [2.45, 2.75) is 52.1 Å². The third-order valence-corrected chi connectivity index (χ3v) is 5.15. The summed E-state index contributed by atoms with van der Waals surface area (Å²) in [5.41, 5.74) is 2.45. The van der Waals surface area contributed by atoms with E-state index in [4.69, 9.17) is 29.6 Å². The second-order valence-corrected chi connectivity index (χ2v) is 7.76. The van der Waals surface area contributed by atoms with Crippen molar-refractivity contribution in [2.75, 3.05) is 0 Å². The SMILES string of the molecule is CC1(C)OB(c2ccc(CO)cc2)OC1(C)C.OCc1ccc(B(O)O)cc1. The van der Waals surface area contributed by atoms with Gasteiger partial charge in [-0.25, -0.2) is 0 Å². The van der Waals surface area contributed by atoms with Crippen LogP contribution >= 0.6 is 0 Å². The smallest absolute Gasteiger partial charge is 0.423 e. The van der Waals surface area contributed by atoms with Crippen molar-refractivity contribution in [1.82, 2.24) is 0 Å². The number of benzene rings is 2. The summed E-state index contributed by atoms with van der Waals surface area (Å²) in [4.78, 5) is 0. The molecule has 1 aliphatic rings. The fourth-order valence-corrected chi connectivity index (χ4v) is 2.55. The van der Waals surface area contributed by atoms with Crippen LogP contribution in [-0.4, -0.2) is 45.7 Å². The van der Waals surface area contributed by atoms with Crippen molar-refractivity contribution < 1.29 is 29.6 Å². The van der Waals surface area contributed by atoms with Gasteiger partial charge in [-0.3, -0.25) is 0 Å². The Kier molecular flexibility index (Phi) is 7.45. The van der Waals surface area contributed by atoms with E-state index >= 15 is 0 Å². The topological polar surface area (TPSA) is 99.4 Å². The molecule has 0 bridgehead atoms. The minimum Gasteiger partial charge on any atom is -0.423 e. The maximum absolute atomic E-state index is 9.00. The van der Waals surface area contributed by atoms with Crippen molar-refractivity contribution in [2.24, 2.45) is 0 Å². The predicted molar refractivity (Wildman–Crippen MR) is 110 cm³/mol. The van der Waals surface area contributed by atoms with Gasteiger partial charge >= 0.3 is 14.2 Å². The lowest BCUT2D eigenvalue weighted by molar-refractivity contribution is 0.00578. The molecule has 2 aromatic carbocycles. The molecule has 0 aromatic heterocycles. The zero-order chi connectivity index (χ0) is 20.9. The highest BCUT2D eigenvalue weighted by atomic mass is 16.7. The molecule has 4 N–H and O–H groups in total. The first-order valence-corrected chi connectivity index (χ1v) is 9.21. The zero-order valence-corrected chi connectivity index (χ0v) is 16.8. The Balaban J connectivity index is 0.000000221. The Labute approximate surface area is 167 Å². The van der Waals surface area contributed by atoms with Gasteiger partial charge in [0.15, 0.2) is 0 Å². The monoisotopic (exact) mass is 386 g/mol. The lowest BCUT2D eigenvalue weighted by Gasteiger charge is -2.32. The molecular formula is C20H28B2O6. The van der Waals surface area contributed by atoms with Crippen LogP contribution in [0.4, 0.5) is 0 Å². The summed E-state index contributed by atoms with van der Waals surface area (Å²) in [7, 11) is -1.75. The molecule has 0 atom stereocenters. The molecule has 2 aromatic rings. The van der Waals surface area contributed by atoms with Crippen LogP contribution < -0.4 is 10.9 Å². The van der Waals surface area contributed by atoms with Gasteiger partial charge in [0.2, 0.25) is 0 Å². The maximum Gasteiger partial charge on any atom is 0.494 e. The molecular weight excluding hydrogens is 358 g/mol. The molecule has 0 aliphatic carbocycles. The van der Waals surface area contributed by atoms with E-state index in [-0.39, 0.29) is 31.5 Å². The highest BCUT2D eigenvalue weighted by Gasteiger charge is 2.51. The normalized spacial score (nSPS) is 17.1. The van der Waals surface area contributed by atoms with Gasteiger partial charge in [0.1, 0.15) is 0 Å². The molecule has 1 aliphatic heterocycles.